The van der Waals surface area contributed by atoms with Gasteiger partial charge in [-0.1, -0.05) is 48.5 Å². The van der Waals surface area contributed by atoms with Crippen molar-refractivity contribution in [2.75, 3.05) is 0 Å². The molecule has 0 radical (unpaired) electrons. The van der Waals surface area contributed by atoms with Gasteiger partial charge in [0.15, 0.2) is 0 Å². The lowest BCUT2D eigenvalue weighted by Crippen LogP contribution is -2.41. The molecule has 218 valence electrons. The van der Waals surface area contributed by atoms with Gasteiger partial charge < -0.3 is 28.1 Å². The summed E-state index contributed by atoms with van der Waals surface area (Å²) < 4.78 is 37.9. The Morgan fingerprint density at radius 1 is 0.571 bits per heavy atom. The third-order valence-corrected chi connectivity index (χ3v) is 9.39. The van der Waals surface area contributed by atoms with Crippen LogP contribution in [0.15, 0.2) is 78.4 Å². The lowest BCUT2D eigenvalue weighted by molar-refractivity contribution is 0.00578. The Morgan fingerprint density at radius 3 is 1.38 bits per heavy atom. The second-order valence-electron chi connectivity index (χ2n) is 13.5. The Bertz CT molecular complexity index is 1360. The average molecular weight is 566 g/mol. The summed E-state index contributed by atoms with van der Waals surface area (Å²) >= 11 is 0. The van der Waals surface area contributed by atoms with Gasteiger partial charge in [-0.15, -0.1) is 0 Å². The van der Waals surface area contributed by atoms with E-state index >= 15 is 0 Å². The molecule has 2 aliphatic heterocycles. The molecule has 3 aromatic rings. The first-order valence-corrected chi connectivity index (χ1v) is 14.8. The van der Waals surface area contributed by atoms with Crippen molar-refractivity contribution in [3.8, 4) is 11.5 Å². The van der Waals surface area contributed by atoms with Crippen LogP contribution in [0.3, 0.4) is 0 Å². The smallest absolute Gasteiger partial charge is 0.451 e. The Kier molecular flexibility index (Phi) is 7.13. The highest BCUT2D eigenvalue weighted by Crippen LogP contribution is 2.38. The van der Waals surface area contributed by atoms with Crippen molar-refractivity contribution in [1.82, 2.24) is 0 Å². The quantitative estimate of drug-likeness (QED) is 0.270. The fraction of sp³-hybridized carbons (Fsp3) is 0.412. The van der Waals surface area contributed by atoms with E-state index < -0.39 is 42.9 Å². The molecule has 0 bridgehead atoms. The zero-order chi connectivity index (χ0) is 29.9. The molecule has 6 nitrogen and oxygen atoms in total. The van der Waals surface area contributed by atoms with Crippen LogP contribution in [-0.4, -0.2) is 42.9 Å². The van der Waals surface area contributed by atoms with Crippen LogP contribution in [0.4, 0.5) is 0 Å². The minimum atomic E-state index is -0.609. The second kappa shape index (κ2) is 10.3. The molecule has 0 saturated carbocycles. The Morgan fingerprint density at radius 2 is 0.976 bits per heavy atom. The van der Waals surface area contributed by atoms with Crippen molar-refractivity contribution in [2.45, 2.75) is 90.5 Å². The van der Waals surface area contributed by atoms with Crippen LogP contribution in [0.1, 0.15) is 66.5 Å². The predicted molar refractivity (Wildman–Crippen MR) is 167 cm³/mol. The maximum atomic E-state index is 6.50. The van der Waals surface area contributed by atoms with Crippen molar-refractivity contribution in [3.63, 3.8) is 0 Å². The molecule has 0 unspecified atom stereocenters. The predicted octanol–water partition coefficient (Wildman–Crippen LogP) is 5.71. The summed E-state index contributed by atoms with van der Waals surface area (Å²) in [5.74, 6) is 1.40. The van der Waals surface area contributed by atoms with Crippen LogP contribution in [0.25, 0.3) is 6.08 Å². The molecule has 2 fully saturated rings. The monoisotopic (exact) mass is 566 g/mol. The molecule has 2 saturated heterocycles. The molecule has 0 spiro atoms. The zero-order valence-corrected chi connectivity index (χ0v) is 25.9. The van der Waals surface area contributed by atoms with Gasteiger partial charge in [0.2, 0.25) is 0 Å². The molecule has 2 heterocycles. The van der Waals surface area contributed by atoms with Crippen molar-refractivity contribution >= 4 is 31.2 Å². The van der Waals surface area contributed by atoms with Gasteiger partial charge in [-0.25, -0.2) is 0 Å². The fourth-order valence-corrected chi connectivity index (χ4v) is 5.25. The lowest BCUT2D eigenvalue weighted by Gasteiger charge is -2.32. The summed E-state index contributed by atoms with van der Waals surface area (Å²) in [4.78, 5) is 0. The lowest BCUT2D eigenvalue weighted by atomic mass is 9.79. The topological polar surface area (TPSA) is 55.4 Å². The van der Waals surface area contributed by atoms with Crippen molar-refractivity contribution in [1.29, 1.82) is 0 Å². The standard InChI is InChI=1S/C34H40B2O6/c1-31(2)32(3,4)40-35(39-31)26-13-17-28(18-14-26)37-30(25-21-23-11-9-10-12-24(23)22-25)38-29-19-15-27(16-20-29)36-41-33(5,6)34(7,8)42-36/h9-21,30H,22H2,1-8H3. The van der Waals surface area contributed by atoms with Gasteiger partial charge in [0.1, 0.15) is 11.5 Å². The Hall–Kier alpha value is -3.03. The van der Waals surface area contributed by atoms with Gasteiger partial charge in [0.25, 0.3) is 6.29 Å². The number of fused-ring (bicyclic) bond motifs is 1. The first-order valence-electron chi connectivity index (χ1n) is 14.8. The third kappa shape index (κ3) is 5.42. The maximum Gasteiger partial charge on any atom is 0.494 e. The average Bonchev–Trinajstić information content (AvgIpc) is 3.52. The summed E-state index contributed by atoms with van der Waals surface area (Å²) in [6.07, 6.45) is 2.32. The summed E-state index contributed by atoms with van der Waals surface area (Å²) in [6, 6.07) is 24.1. The third-order valence-electron chi connectivity index (χ3n) is 9.39. The van der Waals surface area contributed by atoms with Crippen LogP contribution >= 0.6 is 0 Å². The van der Waals surface area contributed by atoms with Crippen LogP contribution in [0.2, 0.25) is 0 Å². The highest BCUT2D eigenvalue weighted by atomic mass is 16.7. The number of hydrogen-bond acceptors (Lipinski definition) is 6. The molecule has 42 heavy (non-hydrogen) atoms. The Balaban J connectivity index is 1.20. The molecule has 3 aromatic carbocycles. The number of hydrogen-bond donors (Lipinski definition) is 0. The molecule has 3 aliphatic rings. The van der Waals surface area contributed by atoms with Gasteiger partial charge >= 0.3 is 14.2 Å². The van der Waals surface area contributed by atoms with Gasteiger partial charge in [0, 0.05) is 12.0 Å². The first-order chi connectivity index (χ1) is 19.7. The molecule has 1 aliphatic carbocycles. The minimum absolute atomic E-state index is 0.395. The molecule has 0 amide bonds. The largest absolute Gasteiger partial charge is 0.494 e. The summed E-state index contributed by atoms with van der Waals surface area (Å²) in [5.41, 5.74) is 3.83. The molecule has 0 N–H and O–H groups in total. The van der Waals surface area contributed by atoms with E-state index in [9.17, 15) is 0 Å². The highest BCUT2D eigenvalue weighted by molar-refractivity contribution is 6.62. The molecular weight excluding hydrogens is 526 g/mol. The summed E-state index contributed by atoms with van der Waals surface area (Å²) in [5, 5.41) is 0. The van der Waals surface area contributed by atoms with E-state index in [-0.39, 0.29) is 0 Å². The van der Waals surface area contributed by atoms with Gasteiger partial charge in [-0.05, 0) is 108 Å². The van der Waals surface area contributed by atoms with Gasteiger partial charge in [-0.3, -0.25) is 0 Å². The fourth-order valence-electron chi connectivity index (χ4n) is 5.25. The summed E-state index contributed by atoms with van der Waals surface area (Å²) in [6.45, 7) is 16.5. The number of rotatable bonds is 7. The maximum absolute atomic E-state index is 6.50. The SMILES string of the molecule is CC1(C)OB(c2ccc(OC(Oc3ccc(B4OC(C)(C)C(C)(C)O4)cc3)C3=Cc4ccccc4C3)cc2)OC1(C)C. The van der Waals surface area contributed by atoms with Crippen LogP contribution < -0.4 is 20.4 Å². The molecule has 0 atom stereocenters. The second-order valence-corrected chi connectivity index (χ2v) is 13.5. The first kappa shape index (κ1) is 29.1. The number of ether oxygens (including phenoxy) is 2. The van der Waals surface area contributed by atoms with Crippen LogP contribution in [0, 0.1) is 0 Å². The van der Waals surface area contributed by atoms with E-state index in [2.05, 4.69) is 85.7 Å². The van der Waals surface area contributed by atoms with E-state index in [1.165, 1.54) is 11.1 Å². The normalized spacial score (nSPS) is 21.4. The van der Waals surface area contributed by atoms with Gasteiger partial charge in [-0.2, -0.15) is 0 Å². The molecule has 0 aromatic heterocycles. The molecule has 8 heteroatoms. The van der Waals surface area contributed by atoms with Gasteiger partial charge in [0.05, 0.1) is 22.4 Å². The van der Waals surface area contributed by atoms with E-state index in [1.807, 2.05) is 48.5 Å². The molecular formula is C34H40B2O6. The molecule has 6 rings (SSSR count). The van der Waals surface area contributed by atoms with Crippen molar-refractivity contribution in [3.05, 3.63) is 89.5 Å². The summed E-state index contributed by atoms with van der Waals surface area (Å²) in [7, 11) is -0.851. The minimum Gasteiger partial charge on any atom is -0.451 e. The van der Waals surface area contributed by atoms with Crippen molar-refractivity contribution in [2.24, 2.45) is 0 Å². The van der Waals surface area contributed by atoms with Crippen molar-refractivity contribution < 1.29 is 28.1 Å². The zero-order valence-electron chi connectivity index (χ0n) is 25.9. The van der Waals surface area contributed by atoms with Crippen LogP contribution in [0.5, 0.6) is 11.5 Å². The van der Waals surface area contributed by atoms with E-state index in [0.29, 0.717) is 11.5 Å². The van der Waals surface area contributed by atoms with E-state index in [1.54, 1.807) is 0 Å². The van der Waals surface area contributed by atoms with E-state index in [0.717, 1.165) is 22.9 Å². The van der Waals surface area contributed by atoms with Crippen LogP contribution in [-0.2, 0) is 25.0 Å². The Labute approximate surface area is 250 Å². The highest BCUT2D eigenvalue weighted by Gasteiger charge is 2.52. The number of benzene rings is 3. The van der Waals surface area contributed by atoms with E-state index in [4.69, 9.17) is 28.1 Å².